The summed E-state index contributed by atoms with van der Waals surface area (Å²) in [5, 5.41) is 8.73. The molecule has 3 N–H and O–H groups in total. The summed E-state index contributed by atoms with van der Waals surface area (Å²) < 4.78 is 10.6. The third-order valence-corrected chi connectivity index (χ3v) is 4.90. The summed E-state index contributed by atoms with van der Waals surface area (Å²) >= 11 is 0. The Bertz CT molecular complexity index is 1210. The van der Waals surface area contributed by atoms with E-state index in [4.69, 9.17) is 14.4 Å². The molecule has 0 aliphatic rings. The van der Waals surface area contributed by atoms with Gasteiger partial charge in [0.2, 0.25) is 0 Å². The highest BCUT2D eigenvalue weighted by atomic mass is 16.5. The number of carbonyl (C=O) groups is 2. The summed E-state index contributed by atoms with van der Waals surface area (Å²) in [6.45, 7) is 0. The highest BCUT2D eigenvalue weighted by molar-refractivity contribution is 6.03. The highest BCUT2D eigenvalue weighted by Crippen LogP contribution is 2.31. The molecule has 2 heterocycles. The molecule has 7 heteroatoms. The van der Waals surface area contributed by atoms with Gasteiger partial charge in [0.05, 0.1) is 19.2 Å². The largest absolute Gasteiger partial charge is 0.497 e. The Labute approximate surface area is 178 Å². The Morgan fingerprint density at radius 3 is 2.42 bits per heavy atom. The molecule has 4 rings (SSSR count). The molecule has 1 amide bonds. The smallest absolute Gasteiger partial charge is 0.310 e. The second-order valence-electron chi connectivity index (χ2n) is 6.87. The van der Waals surface area contributed by atoms with Crippen molar-refractivity contribution in [1.82, 2.24) is 10.5 Å². The molecule has 0 fully saturated rings. The number of hydrogen-bond donors (Lipinski definition) is 3. The van der Waals surface area contributed by atoms with Crippen molar-refractivity contribution in [2.45, 2.75) is 6.42 Å². The topological polar surface area (TPSA) is 105 Å². The first kappa shape index (κ1) is 20.2. The lowest BCUT2D eigenvalue weighted by Crippen LogP contribution is -2.17. The molecule has 2 aromatic heterocycles. The minimum absolute atomic E-state index is 0.0450. The molecule has 7 nitrogen and oxygen atoms in total. The predicted octanol–water partition coefficient (Wildman–Crippen LogP) is 4.49. The molecule has 0 saturated heterocycles. The normalized spacial score (nSPS) is 10.6. The number of H-pyrrole nitrogens is 1. The molecule has 0 bridgehead atoms. The standard InChI is InChI=1S/C24H20N2O5/c1-30-17-9-7-15(8-10-17)19-14-20(16-5-3-2-4-6-16)25-23(19)21(27)13-18-11-12-22(31-18)24(28)26-29/h2-12,14,25,29H,13H2,1H3,(H,26,28). The lowest BCUT2D eigenvalue weighted by molar-refractivity contribution is 0.0673. The molecule has 0 atom stereocenters. The number of hydroxylamine groups is 1. The summed E-state index contributed by atoms with van der Waals surface area (Å²) in [5.74, 6) is 0.000152. The van der Waals surface area contributed by atoms with E-state index < -0.39 is 5.91 Å². The SMILES string of the molecule is COc1ccc(-c2cc(-c3ccccc3)[nH]c2C(=O)Cc2ccc(C(=O)NO)o2)cc1. The fourth-order valence-corrected chi connectivity index (χ4v) is 3.34. The number of amides is 1. The van der Waals surface area contributed by atoms with Crippen molar-refractivity contribution in [3.63, 3.8) is 0 Å². The third-order valence-electron chi connectivity index (χ3n) is 4.90. The first-order chi connectivity index (χ1) is 15.1. The lowest BCUT2D eigenvalue weighted by atomic mass is 10.0. The van der Waals surface area contributed by atoms with E-state index in [2.05, 4.69) is 4.98 Å². The fourth-order valence-electron chi connectivity index (χ4n) is 3.34. The number of ketones is 1. The van der Waals surface area contributed by atoms with Gasteiger partial charge in [-0.05, 0) is 41.5 Å². The van der Waals surface area contributed by atoms with Crippen molar-refractivity contribution in [2.24, 2.45) is 0 Å². The lowest BCUT2D eigenvalue weighted by Gasteiger charge is -2.05. The molecular formula is C24H20N2O5. The van der Waals surface area contributed by atoms with Crippen LogP contribution in [0.1, 0.15) is 26.8 Å². The van der Waals surface area contributed by atoms with Gasteiger partial charge in [-0.1, -0.05) is 42.5 Å². The van der Waals surface area contributed by atoms with Crippen molar-refractivity contribution < 1.29 is 24.0 Å². The monoisotopic (exact) mass is 416 g/mol. The fraction of sp³-hybridized carbons (Fsp3) is 0.0833. The number of nitrogens with one attached hydrogen (secondary N) is 2. The Morgan fingerprint density at radius 2 is 1.74 bits per heavy atom. The number of benzene rings is 2. The van der Waals surface area contributed by atoms with E-state index in [1.54, 1.807) is 7.11 Å². The van der Waals surface area contributed by atoms with Crippen molar-refractivity contribution in [3.05, 3.63) is 90.0 Å². The first-order valence-corrected chi connectivity index (χ1v) is 9.58. The molecule has 0 radical (unpaired) electrons. The van der Waals surface area contributed by atoms with Gasteiger partial charge in [0.25, 0.3) is 0 Å². The van der Waals surface area contributed by atoms with Crippen LogP contribution in [0.4, 0.5) is 0 Å². The zero-order chi connectivity index (χ0) is 21.8. The second kappa shape index (κ2) is 8.73. The van der Waals surface area contributed by atoms with Crippen LogP contribution < -0.4 is 10.2 Å². The van der Waals surface area contributed by atoms with E-state index >= 15 is 0 Å². The molecule has 0 unspecified atom stereocenters. The Balaban J connectivity index is 1.70. The molecular weight excluding hydrogens is 396 g/mol. The van der Waals surface area contributed by atoms with Gasteiger partial charge in [0.15, 0.2) is 11.5 Å². The maximum absolute atomic E-state index is 13.2. The first-order valence-electron chi connectivity index (χ1n) is 9.58. The van der Waals surface area contributed by atoms with E-state index in [9.17, 15) is 9.59 Å². The number of methoxy groups -OCH3 is 1. The average Bonchev–Trinajstić information content (AvgIpc) is 3.47. The number of rotatable bonds is 7. The van der Waals surface area contributed by atoms with Gasteiger partial charge in [0.1, 0.15) is 11.5 Å². The van der Waals surface area contributed by atoms with Gasteiger partial charge < -0.3 is 14.1 Å². The van der Waals surface area contributed by atoms with Crippen LogP contribution in [0.3, 0.4) is 0 Å². The van der Waals surface area contributed by atoms with E-state index in [0.717, 1.165) is 28.1 Å². The summed E-state index contributed by atoms with van der Waals surface area (Å²) in [6.07, 6.45) is -0.0450. The van der Waals surface area contributed by atoms with Gasteiger partial charge in [0, 0.05) is 11.3 Å². The van der Waals surface area contributed by atoms with Crippen LogP contribution in [-0.4, -0.2) is 29.0 Å². The van der Waals surface area contributed by atoms with Gasteiger partial charge in [-0.3, -0.25) is 14.8 Å². The Morgan fingerprint density at radius 1 is 1.00 bits per heavy atom. The minimum atomic E-state index is -0.774. The number of aromatic nitrogens is 1. The van der Waals surface area contributed by atoms with E-state index in [1.807, 2.05) is 60.7 Å². The van der Waals surface area contributed by atoms with Crippen LogP contribution in [0, 0.1) is 0 Å². The number of hydrogen-bond acceptors (Lipinski definition) is 5. The summed E-state index contributed by atoms with van der Waals surface area (Å²) in [7, 11) is 1.60. The van der Waals surface area contributed by atoms with Gasteiger partial charge in [-0.2, -0.15) is 0 Å². The molecule has 156 valence electrons. The maximum Gasteiger partial charge on any atom is 0.310 e. The van der Waals surface area contributed by atoms with Gasteiger partial charge in [-0.25, -0.2) is 5.48 Å². The molecule has 4 aromatic rings. The highest BCUT2D eigenvalue weighted by Gasteiger charge is 2.20. The molecule has 0 aliphatic heterocycles. The Hall–Kier alpha value is -4.10. The zero-order valence-electron chi connectivity index (χ0n) is 16.7. The summed E-state index contributed by atoms with van der Waals surface area (Å²) in [4.78, 5) is 27.9. The van der Waals surface area contributed by atoms with Gasteiger partial charge in [-0.15, -0.1) is 0 Å². The van der Waals surface area contributed by atoms with Crippen LogP contribution in [-0.2, 0) is 6.42 Å². The molecule has 31 heavy (non-hydrogen) atoms. The van der Waals surface area contributed by atoms with Crippen LogP contribution in [0.5, 0.6) is 5.75 Å². The maximum atomic E-state index is 13.2. The second-order valence-corrected chi connectivity index (χ2v) is 6.87. The number of aromatic amines is 1. The number of furan rings is 1. The number of Topliss-reactive ketones (excluding diaryl/α,β-unsaturated/α-hetero) is 1. The summed E-state index contributed by atoms with van der Waals surface area (Å²) in [5.41, 5.74) is 5.33. The van der Waals surface area contributed by atoms with Crippen LogP contribution in [0.15, 0.2) is 77.2 Å². The van der Waals surface area contributed by atoms with Crippen molar-refractivity contribution in [3.8, 4) is 28.1 Å². The van der Waals surface area contributed by atoms with E-state index in [-0.39, 0.29) is 18.0 Å². The molecule has 0 spiro atoms. The number of carbonyl (C=O) groups excluding carboxylic acids is 2. The predicted molar refractivity (Wildman–Crippen MR) is 114 cm³/mol. The van der Waals surface area contributed by atoms with Crippen LogP contribution in [0.25, 0.3) is 22.4 Å². The molecule has 0 aliphatic carbocycles. The van der Waals surface area contributed by atoms with Crippen molar-refractivity contribution >= 4 is 11.7 Å². The van der Waals surface area contributed by atoms with Crippen LogP contribution >= 0.6 is 0 Å². The minimum Gasteiger partial charge on any atom is -0.497 e. The third kappa shape index (κ3) is 4.26. The van der Waals surface area contributed by atoms with Crippen molar-refractivity contribution in [2.75, 3.05) is 7.11 Å². The Kier molecular flexibility index (Phi) is 5.68. The summed E-state index contributed by atoms with van der Waals surface area (Å²) in [6, 6.07) is 22.1. The quantitative estimate of drug-likeness (QED) is 0.234. The van der Waals surface area contributed by atoms with E-state index in [1.165, 1.54) is 17.6 Å². The average molecular weight is 416 g/mol. The van der Waals surface area contributed by atoms with Crippen LogP contribution in [0.2, 0.25) is 0 Å². The molecule has 2 aromatic carbocycles. The van der Waals surface area contributed by atoms with Gasteiger partial charge >= 0.3 is 5.91 Å². The van der Waals surface area contributed by atoms with Crippen molar-refractivity contribution in [1.29, 1.82) is 0 Å². The van der Waals surface area contributed by atoms with E-state index in [0.29, 0.717) is 11.5 Å². The number of ether oxygens (including phenoxy) is 1. The molecule has 0 saturated carbocycles. The zero-order valence-corrected chi connectivity index (χ0v) is 16.7.